The highest BCUT2D eigenvalue weighted by Gasteiger charge is 2.19. The molecule has 2 aromatic heterocycles. The minimum atomic E-state index is -0.917. The third-order valence-electron chi connectivity index (χ3n) is 4.33. The number of hydrogen-bond donors (Lipinski definition) is 3. The van der Waals surface area contributed by atoms with Crippen LogP contribution in [0.3, 0.4) is 0 Å². The average molecular weight is 441 g/mol. The van der Waals surface area contributed by atoms with Crippen molar-refractivity contribution in [2.75, 3.05) is 21.3 Å². The molecule has 0 aliphatic carbocycles. The molecule has 3 N–H and O–H groups in total. The molecule has 2 heterocycles. The average Bonchev–Trinajstić information content (AvgIpc) is 2.80. The van der Waals surface area contributed by atoms with Gasteiger partial charge in [-0.2, -0.15) is 5.10 Å². The molecule has 1 amide bonds. The first-order valence-corrected chi connectivity index (χ1v) is 9.03. The molecule has 0 saturated heterocycles. The van der Waals surface area contributed by atoms with E-state index in [4.69, 9.17) is 14.2 Å². The van der Waals surface area contributed by atoms with Crippen LogP contribution in [0.15, 0.2) is 51.3 Å². The normalized spacial score (nSPS) is 10.7. The summed E-state index contributed by atoms with van der Waals surface area (Å²) >= 11 is 0. The van der Waals surface area contributed by atoms with Crippen LogP contribution in [0.1, 0.15) is 15.9 Å². The zero-order valence-corrected chi connectivity index (χ0v) is 17.3. The first kappa shape index (κ1) is 22.1. The van der Waals surface area contributed by atoms with E-state index in [0.29, 0.717) is 0 Å². The van der Waals surface area contributed by atoms with Crippen LogP contribution in [0, 0.1) is 0 Å². The van der Waals surface area contributed by atoms with Crippen molar-refractivity contribution in [3.05, 3.63) is 68.6 Å². The van der Waals surface area contributed by atoms with Crippen molar-refractivity contribution in [2.24, 2.45) is 5.10 Å². The molecule has 0 atom stereocenters. The quantitative estimate of drug-likeness (QED) is 0.352. The van der Waals surface area contributed by atoms with Gasteiger partial charge in [0.25, 0.3) is 11.5 Å². The third-order valence-corrected chi connectivity index (χ3v) is 4.33. The summed E-state index contributed by atoms with van der Waals surface area (Å²) in [6.07, 6.45) is 3.78. The lowest BCUT2D eigenvalue weighted by molar-refractivity contribution is 0.0955. The van der Waals surface area contributed by atoms with Crippen molar-refractivity contribution in [3.8, 4) is 28.8 Å². The van der Waals surface area contributed by atoms with E-state index in [1.807, 2.05) is 0 Å². The van der Waals surface area contributed by atoms with E-state index in [1.54, 1.807) is 0 Å². The monoisotopic (exact) mass is 441 g/mol. The standard InChI is InChI=1S/C20H19N5O7/c1-30-14-8-12(9-15(31-2)16(14)32-3)25-19(28)13(18(27)23-20(25)29)10-22-24-17(26)11-4-6-21-7-5-11/h4-10,28H,1-3H3,(H,24,26)(H,23,27,29)/b22-10+. The van der Waals surface area contributed by atoms with Crippen LogP contribution >= 0.6 is 0 Å². The molecule has 0 aliphatic heterocycles. The lowest BCUT2D eigenvalue weighted by Gasteiger charge is -2.16. The van der Waals surface area contributed by atoms with Gasteiger partial charge in [-0.05, 0) is 12.1 Å². The lowest BCUT2D eigenvalue weighted by atomic mass is 10.2. The number of ether oxygens (including phenoxy) is 3. The summed E-state index contributed by atoms with van der Waals surface area (Å²) in [5.74, 6) is -0.554. The van der Waals surface area contributed by atoms with Crippen molar-refractivity contribution in [1.29, 1.82) is 0 Å². The second-order valence-corrected chi connectivity index (χ2v) is 6.15. The molecule has 1 aromatic carbocycles. The molecule has 166 valence electrons. The Kier molecular flexibility index (Phi) is 6.53. The van der Waals surface area contributed by atoms with E-state index in [9.17, 15) is 19.5 Å². The maximum absolute atomic E-state index is 12.4. The van der Waals surface area contributed by atoms with E-state index in [0.717, 1.165) is 10.8 Å². The van der Waals surface area contributed by atoms with E-state index in [1.165, 1.54) is 58.0 Å². The zero-order valence-electron chi connectivity index (χ0n) is 17.3. The smallest absolute Gasteiger partial charge is 0.335 e. The van der Waals surface area contributed by atoms with Gasteiger partial charge in [0.1, 0.15) is 5.56 Å². The van der Waals surface area contributed by atoms with Gasteiger partial charge in [0.15, 0.2) is 11.5 Å². The number of rotatable bonds is 7. The summed E-state index contributed by atoms with van der Waals surface area (Å²) in [7, 11) is 4.19. The van der Waals surface area contributed by atoms with Crippen molar-refractivity contribution in [2.45, 2.75) is 0 Å². The summed E-state index contributed by atoms with van der Waals surface area (Å²) in [6, 6.07) is 5.76. The van der Waals surface area contributed by atoms with Gasteiger partial charge in [0, 0.05) is 30.1 Å². The first-order valence-electron chi connectivity index (χ1n) is 9.03. The molecule has 0 fully saturated rings. The summed E-state index contributed by atoms with van der Waals surface area (Å²) in [6.45, 7) is 0. The van der Waals surface area contributed by atoms with E-state index >= 15 is 0 Å². The maximum Gasteiger partial charge on any atom is 0.335 e. The Hall–Kier alpha value is -4.61. The van der Waals surface area contributed by atoms with Crippen LogP contribution in [0.2, 0.25) is 0 Å². The summed E-state index contributed by atoms with van der Waals surface area (Å²) in [5, 5.41) is 14.3. The Morgan fingerprint density at radius 1 is 1.12 bits per heavy atom. The van der Waals surface area contributed by atoms with Crippen molar-refractivity contribution in [1.82, 2.24) is 20.0 Å². The number of pyridine rings is 1. The van der Waals surface area contributed by atoms with Crippen LogP contribution < -0.4 is 30.9 Å². The maximum atomic E-state index is 12.4. The minimum absolute atomic E-state index is 0.119. The van der Waals surface area contributed by atoms with Crippen LogP contribution in [-0.2, 0) is 0 Å². The summed E-state index contributed by atoms with van der Waals surface area (Å²) in [4.78, 5) is 42.6. The van der Waals surface area contributed by atoms with E-state index in [-0.39, 0.29) is 34.1 Å². The van der Waals surface area contributed by atoms with Gasteiger partial charge < -0.3 is 19.3 Å². The Labute approximate surface area is 180 Å². The molecule has 3 aromatic rings. The fourth-order valence-corrected chi connectivity index (χ4v) is 2.81. The molecule has 0 radical (unpaired) electrons. The van der Waals surface area contributed by atoms with E-state index < -0.39 is 23.0 Å². The summed E-state index contributed by atoms with van der Waals surface area (Å²) < 4.78 is 16.6. The van der Waals surface area contributed by atoms with Gasteiger partial charge in [-0.25, -0.2) is 14.8 Å². The van der Waals surface area contributed by atoms with Gasteiger partial charge in [0.05, 0.1) is 33.2 Å². The number of aromatic nitrogens is 3. The van der Waals surface area contributed by atoms with Gasteiger partial charge in [-0.15, -0.1) is 0 Å². The number of aromatic amines is 1. The number of carbonyl (C=O) groups is 1. The number of H-pyrrole nitrogens is 1. The molecule has 0 bridgehead atoms. The predicted molar refractivity (Wildman–Crippen MR) is 113 cm³/mol. The molecular weight excluding hydrogens is 422 g/mol. The zero-order chi connectivity index (χ0) is 23.3. The first-order chi connectivity index (χ1) is 15.4. The molecule has 12 nitrogen and oxygen atoms in total. The fraction of sp³-hybridized carbons (Fsp3) is 0.150. The highest BCUT2D eigenvalue weighted by molar-refractivity contribution is 5.94. The highest BCUT2D eigenvalue weighted by atomic mass is 16.5. The highest BCUT2D eigenvalue weighted by Crippen LogP contribution is 2.39. The minimum Gasteiger partial charge on any atom is -0.493 e. The molecule has 0 spiro atoms. The van der Waals surface area contributed by atoms with Gasteiger partial charge in [-0.1, -0.05) is 0 Å². The molecule has 0 aliphatic rings. The Morgan fingerprint density at radius 3 is 2.31 bits per heavy atom. The number of nitrogens with one attached hydrogen (secondary N) is 2. The van der Waals surface area contributed by atoms with Gasteiger partial charge in [0.2, 0.25) is 11.6 Å². The number of benzene rings is 1. The molecule has 3 rings (SSSR count). The fourth-order valence-electron chi connectivity index (χ4n) is 2.81. The number of aromatic hydroxyl groups is 1. The number of amides is 1. The van der Waals surface area contributed by atoms with Crippen LogP contribution in [-0.4, -0.2) is 53.1 Å². The number of nitrogens with zero attached hydrogens (tertiary/aromatic N) is 3. The number of hydrogen-bond acceptors (Lipinski definition) is 9. The number of hydrazone groups is 1. The largest absolute Gasteiger partial charge is 0.493 e. The second-order valence-electron chi connectivity index (χ2n) is 6.15. The topological polar surface area (TPSA) is 157 Å². The molecule has 0 unspecified atom stereocenters. The number of carbonyl (C=O) groups excluding carboxylic acids is 1. The Bertz CT molecular complexity index is 1260. The van der Waals surface area contributed by atoms with Crippen LogP contribution in [0.4, 0.5) is 0 Å². The van der Waals surface area contributed by atoms with Gasteiger partial charge in [-0.3, -0.25) is 19.6 Å². The van der Waals surface area contributed by atoms with E-state index in [2.05, 4.69) is 20.5 Å². The lowest BCUT2D eigenvalue weighted by Crippen LogP contribution is -2.31. The van der Waals surface area contributed by atoms with Crippen molar-refractivity contribution in [3.63, 3.8) is 0 Å². The van der Waals surface area contributed by atoms with Crippen molar-refractivity contribution >= 4 is 12.1 Å². The molecule has 12 heteroatoms. The van der Waals surface area contributed by atoms with Crippen LogP contribution in [0.25, 0.3) is 5.69 Å². The van der Waals surface area contributed by atoms with Crippen molar-refractivity contribution < 1.29 is 24.1 Å². The molecular formula is C20H19N5O7. The molecule has 32 heavy (non-hydrogen) atoms. The Balaban J connectivity index is 2.03. The number of methoxy groups -OCH3 is 3. The molecule has 0 saturated carbocycles. The SMILES string of the molecule is COc1cc(-n2c(O)c(/C=N/NC(=O)c3ccncc3)c(=O)[nH]c2=O)cc(OC)c1OC. The predicted octanol–water partition coefficient (Wildman–Crippen LogP) is 0.416. The summed E-state index contributed by atoms with van der Waals surface area (Å²) in [5.41, 5.74) is 0.442. The second kappa shape index (κ2) is 9.47. The third kappa shape index (κ3) is 4.28. The Morgan fingerprint density at radius 2 is 1.75 bits per heavy atom. The van der Waals surface area contributed by atoms with Crippen LogP contribution in [0.5, 0.6) is 23.1 Å². The van der Waals surface area contributed by atoms with Gasteiger partial charge >= 0.3 is 5.69 Å².